The first-order chi connectivity index (χ1) is 9.61. The Balaban J connectivity index is 1.96. The minimum absolute atomic E-state index is 0.0787. The highest BCUT2D eigenvalue weighted by atomic mass is 16.5. The Kier molecular flexibility index (Phi) is 4.74. The molecule has 1 fully saturated rings. The van der Waals surface area contributed by atoms with Crippen LogP contribution in [0.1, 0.15) is 30.9 Å². The summed E-state index contributed by atoms with van der Waals surface area (Å²) in [6.45, 7) is 0. The Labute approximate surface area is 117 Å². The van der Waals surface area contributed by atoms with Crippen LogP contribution in [0, 0.1) is 5.92 Å². The molecule has 2 rings (SSSR count). The zero-order valence-electron chi connectivity index (χ0n) is 11.4. The minimum atomic E-state index is -0.784. The lowest BCUT2D eigenvalue weighted by Crippen LogP contribution is -2.37. The van der Waals surface area contributed by atoms with Gasteiger partial charge in [0.25, 0.3) is 5.91 Å². The lowest BCUT2D eigenvalue weighted by molar-refractivity contribution is -0.141. The summed E-state index contributed by atoms with van der Waals surface area (Å²) >= 11 is 0. The van der Waals surface area contributed by atoms with Crippen LogP contribution < -0.4 is 5.32 Å². The van der Waals surface area contributed by atoms with Crippen molar-refractivity contribution in [1.82, 2.24) is 5.32 Å². The van der Waals surface area contributed by atoms with E-state index >= 15 is 0 Å². The molecule has 1 unspecified atom stereocenters. The van der Waals surface area contributed by atoms with Crippen LogP contribution in [-0.2, 0) is 14.3 Å². The quantitative estimate of drug-likeness (QED) is 0.859. The first-order valence-electron chi connectivity index (χ1n) is 6.72. The number of nitrogens with one attached hydrogen (secondary N) is 1. The highest BCUT2D eigenvalue weighted by Crippen LogP contribution is 2.26. The Bertz CT molecular complexity index is 474. The lowest BCUT2D eigenvalue weighted by Gasteiger charge is -2.19. The molecule has 1 saturated carbocycles. The molecule has 108 valence electrons. The highest BCUT2D eigenvalue weighted by Gasteiger charge is 2.32. The molecule has 2 N–H and O–H groups in total. The molecular weight excluding hydrogens is 258 g/mol. The van der Waals surface area contributed by atoms with Crippen LogP contribution in [0.5, 0.6) is 0 Å². The number of carboxylic acids is 1. The van der Waals surface area contributed by atoms with Crippen molar-refractivity contribution in [2.24, 2.45) is 5.92 Å². The molecule has 1 aliphatic rings. The summed E-state index contributed by atoms with van der Waals surface area (Å²) in [6, 6.07) is 9.17. The molecule has 20 heavy (non-hydrogen) atoms. The maximum atomic E-state index is 12.2. The van der Waals surface area contributed by atoms with Gasteiger partial charge in [0.05, 0.1) is 5.92 Å². The number of carboxylic acid groups (broad SMARTS) is 1. The third kappa shape index (κ3) is 3.36. The highest BCUT2D eigenvalue weighted by molar-refractivity contribution is 5.82. The molecule has 1 amide bonds. The number of ether oxygens (including phenoxy) is 1. The van der Waals surface area contributed by atoms with Gasteiger partial charge in [0.15, 0.2) is 6.10 Å². The van der Waals surface area contributed by atoms with E-state index in [2.05, 4.69) is 5.32 Å². The molecular formula is C15H19NO4. The molecule has 0 heterocycles. The molecule has 0 bridgehead atoms. The third-order valence-corrected chi connectivity index (χ3v) is 3.70. The van der Waals surface area contributed by atoms with Crippen molar-refractivity contribution in [2.75, 3.05) is 7.11 Å². The monoisotopic (exact) mass is 277 g/mol. The molecule has 1 aliphatic carbocycles. The maximum Gasteiger partial charge on any atom is 0.306 e. The second kappa shape index (κ2) is 6.52. The standard InChI is InChI=1S/C15H19NO4/c1-20-13(10-5-3-2-4-6-10)14(17)16-12-8-7-11(9-12)15(18)19/h2-6,11-13H,7-9H2,1H3,(H,16,17)(H,18,19)/t11-,12+,13?/m1/s1. The Morgan fingerprint density at radius 3 is 2.55 bits per heavy atom. The average molecular weight is 277 g/mol. The number of amides is 1. The number of rotatable bonds is 5. The van der Waals surface area contributed by atoms with Crippen LogP contribution in [0.15, 0.2) is 30.3 Å². The van der Waals surface area contributed by atoms with E-state index in [1.807, 2.05) is 30.3 Å². The second-order valence-electron chi connectivity index (χ2n) is 5.08. The summed E-state index contributed by atoms with van der Waals surface area (Å²) < 4.78 is 5.25. The molecule has 0 aliphatic heterocycles. The van der Waals surface area contributed by atoms with Gasteiger partial charge in [-0.05, 0) is 24.8 Å². The summed E-state index contributed by atoms with van der Waals surface area (Å²) in [7, 11) is 1.49. The Morgan fingerprint density at radius 2 is 2.00 bits per heavy atom. The zero-order chi connectivity index (χ0) is 14.5. The predicted octanol–water partition coefficient (Wildman–Crippen LogP) is 1.74. The molecule has 0 saturated heterocycles. The topological polar surface area (TPSA) is 75.6 Å². The number of carbonyl (C=O) groups is 2. The largest absolute Gasteiger partial charge is 0.481 e. The van der Waals surface area contributed by atoms with Gasteiger partial charge in [0, 0.05) is 13.2 Å². The first-order valence-corrected chi connectivity index (χ1v) is 6.72. The van der Waals surface area contributed by atoms with E-state index in [0.29, 0.717) is 19.3 Å². The van der Waals surface area contributed by atoms with Crippen molar-refractivity contribution in [1.29, 1.82) is 0 Å². The molecule has 0 aromatic heterocycles. The van der Waals surface area contributed by atoms with E-state index in [0.717, 1.165) is 5.56 Å². The van der Waals surface area contributed by atoms with Gasteiger partial charge in [-0.3, -0.25) is 9.59 Å². The van der Waals surface area contributed by atoms with Gasteiger partial charge >= 0.3 is 5.97 Å². The molecule has 1 aromatic rings. The lowest BCUT2D eigenvalue weighted by atomic mass is 10.1. The minimum Gasteiger partial charge on any atom is -0.481 e. The van der Waals surface area contributed by atoms with Crippen molar-refractivity contribution in [2.45, 2.75) is 31.4 Å². The third-order valence-electron chi connectivity index (χ3n) is 3.70. The van der Waals surface area contributed by atoms with Crippen molar-refractivity contribution in [3.8, 4) is 0 Å². The van der Waals surface area contributed by atoms with Crippen LogP contribution in [-0.4, -0.2) is 30.1 Å². The van der Waals surface area contributed by atoms with Crippen LogP contribution in [0.4, 0.5) is 0 Å². The number of aliphatic carboxylic acids is 1. The number of benzene rings is 1. The van der Waals surface area contributed by atoms with E-state index in [1.54, 1.807) is 0 Å². The van der Waals surface area contributed by atoms with E-state index in [9.17, 15) is 9.59 Å². The van der Waals surface area contributed by atoms with E-state index in [1.165, 1.54) is 7.11 Å². The van der Waals surface area contributed by atoms with Crippen molar-refractivity contribution >= 4 is 11.9 Å². The van der Waals surface area contributed by atoms with E-state index in [-0.39, 0.29) is 17.9 Å². The van der Waals surface area contributed by atoms with E-state index < -0.39 is 12.1 Å². The van der Waals surface area contributed by atoms with Gasteiger partial charge in [0.2, 0.25) is 0 Å². The molecule has 0 radical (unpaired) electrons. The molecule has 0 spiro atoms. The second-order valence-corrected chi connectivity index (χ2v) is 5.08. The fourth-order valence-corrected chi connectivity index (χ4v) is 2.64. The van der Waals surface area contributed by atoms with Gasteiger partial charge in [-0.25, -0.2) is 0 Å². The van der Waals surface area contributed by atoms with Gasteiger partial charge in [-0.15, -0.1) is 0 Å². The smallest absolute Gasteiger partial charge is 0.306 e. The van der Waals surface area contributed by atoms with Crippen molar-refractivity contribution < 1.29 is 19.4 Å². The molecule has 1 aromatic carbocycles. The van der Waals surface area contributed by atoms with Crippen molar-refractivity contribution in [3.63, 3.8) is 0 Å². The maximum absolute atomic E-state index is 12.2. The number of methoxy groups -OCH3 is 1. The summed E-state index contributed by atoms with van der Waals surface area (Å²) in [5, 5.41) is 11.8. The summed E-state index contributed by atoms with van der Waals surface area (Å²) in [5.41, 5.74) is 0.792. The first kappa shape index (κ1) is 14.5. The summed E-state index contributed by atoms with van der Waals surface area (Å²) in [6.07, 6.45) is 1.16. The van der Waals surface area contributed by atoms with E-state index in [4.69, 9.17) is 9.84 Å². The molecule has 5 nitrogen and oxygen atoms in total. The number of hydrogen-bond donors (Lipinski definition) is 2. The van der Waals surface area contributed by atoms with Crippen LogP contribution in [0.25, 0.3) is 0 Å². The van der Waals surface area contributed by atoms with Gasteiger partial charge in [-0.2, -0.15) is 0 Å². The zero-order valence-corrected chi connectivity index (χ0v) is 11.4. The Morgan fingerprint density at radius 1 is 1.30 bits per heavy atom. The van der Waals surface area contributed by atoms with Crippen molar-refractivity contribution in [3.05, 3.63) is 35.9 Å². The summed E-state index contributed by atoms with van der Waals surface area (Å²) in [5.74, 6) is -1.35. The van der Waals surface area contributed by atoms with Crippen LogP contribution >= 0.6 is 0 Å². The Hall–Kier alpha value is -1.88. The number of hydrogen-bond acceptors (Lipinski definition) is 3. The molecule has 5 heteroatoms. The van der Waals surface area contributed by atoms with Gasteiger partial charge in [-0.1, -0.05) is 30.3 Å². The van der Waals surface area contributed by atoms with Gasteiger partial charge in [0.1, 0.15) is 0 Å². The predicted molar refractivity (Wildman–Crippen MR) is 73.1 cm³/mol. The fourth-order valence-electron chi connectivity index (χ4n) is 2.64. The summed E-state index contributed by atoms with van der Waals surface area (Å²) in [4.78, 5) is 23.1. The fraction of sp³-hybridized carbons (Fsp3) is 0.467. The molecule has 3 atom stereocenters. The normalized spacial score (nSPS) is 23.2. The van der Waals surface area contributed by atoms with Gasteiger partial charge < -0.3 is 15.2 Å². The van der Waals surface area contributed by atoms with Crippen LogP contribution in [0.2, 0.25) is 0 Å². The van der Waals surface area contributed by atoms with Crippen LogP contribution in [0.3, 0.4) is 0 Å². The number of carbonyl (C=O) groups excluding carboxylic acids is 1. The SMILES string of the molecule is COC(C(=O)N[C@H]1CC[C@@H](C(=O)O)C1)c1ccccc1. The average Bonchev–Trinajstić information content (AvgIpc) is 2.89.